The molecule has 6 heteroatoms. The quantitative estimate of drug-likeness (QED) is 0.892. The molecule has 2 N–H and O–H groups in total. The van der Waals surface area contributed by atoms with E-state index in [2.05, 4.69) is 21.7 Å². The van der Waals surface area contributed by atoms with Crippen LogP contribution in [0.2, 0.25) is 5.02 Å². The molecule has 2 aromatic carbocycles. The first-order valence-corrected chi connectivity index (χ1v) is 7.46. The summed E-state index contributed by atoms with van der Waals surface area (Å²) in [7, 11) is 0. The molecule has 0 spiro atoms. The Balaban J connectivity index is 1.69. The molecular formula is C17H11ClN4O. The summed E-state index contributed by atoms with van der Waals surface area (Å²) in [5.74, 6) is 0.141. The number of nitrogens with zero attached hydrogens (tertiary/aromatic N) is 2. The number of benzene rings is 2. The second-order valence-corrected chi connectivity index (χ2v) is 5.90. The summed E-state index contributed by atoms with van der Waals surface area (Å²) in [5, 5.41) is 16.2. The summed E-state index contributed by atoms with van der Waals surface area (Å²) in [5.41, 5.74) is 0.946. The minimum atomic E-state index is -1.50. The van der Waals surface area contributed by atoms with Crippen LogP contribution in [0.3, 0.4) is 0 Å². The van der Waals surface area contributed by atoms with Gasteiger partial charge >= 0.3 is 0 Å². The van der Waals surface area contributed by atoms with Crippen LogP contribution in [0, 0.1) is 11.3 Å². The van der Waals surface area contributed by atoms with Gasteiger partial charge in [0.1, 0.15) is 17.9 Å². The third-order valence-corrected chi connectivity index (χ3v) is 4.38. The highest BCUT2D eigenvalue weighted by atomic mass is 35.5. The fraction of sp³-hybridized carbons (Fsp3) is 0.118. The van der Waals surface area contributed by atoms with Crippen molar-refractivity contribution in [2.24, 2.45) is 4.99 Å². The highest BCUT2D eigenvalue weighted by Gasteiger charge is 2.56. The molecule has 112 valence electrons. The fourth-order valence-electron chi connectivity index (χ4n) is 3.00. The van der Waals surface area contributed by atoms with Crippen LogP contribution < -0.4 is 10.6 Å². The van der Waals surface area contributed by atoms with E-state index in [1.165, 1.54) is 0 Å². The standard InChI is InChI=1S/C17H11ClN4O/c18-10-5-7-11(8-6-10)20-16(23)17(9-19)14-12-3-1-2-4-13(12)15(21-14)22-17/h1-8,14H,(H,20,23)(H,21,22). The lowest BCUT2D eigenvalue weighted by molar-refractivity contribution is -0.119. The summed E-state index contributed by atoms with van der Waals surface area (Å²) in [6.07, 6.45) is 0. The van der Waals surface area contributed by atoms with E-state index in [0.29, 0.717) is 16.5 Å². The molecule has 2 heterocycles. The van der Waals surface area contributed by atoms with Gasteiger partial charge in [-0.1, -0.05) is 35.9 Å². The maximum absolute atomic E-state index is 12.7. The van der Waals surface area contributed by atoms with Crippen molar-refractivity contribution >= 4 is 29.0 Å². The first kappa shape index (κ1) is 13.8. The van der Waals surface area contributed by atoms with E-state index in [1.807, 2.05) is 24.3 Å². The largest absolute Gasteiger partial charge is 0.359 e. The molecular weight excluding hydrogens is 312 g/mol. The Hall–Kier alpha value is -2.84. The highest BCUT2D eigenvalue weighted by molar-refractivity contribution is 6.30. The van der Waals surface area contributed by atoms with Gasteiger partial charge < -0.3 is 10.6 Å². The van der Waals surface area contributed by atoms with Gasteiger partial charge in [0.25, 0.3) is 11.4 Å². The number of nitrogens with one attached hydrogen (secondary N) is 2. The van der Waals surface area contributed by atoms with Crippen LogP contribution in [0.5, 0.6) is 0 Å². The van der Waals surface area contributed by atoms with Gasteiger partial charge in [0.05, 0.1) is 0 Å². The molecule has 0 saturated carbocycles. The zero-order valence-corrected chi connectivity index (χ0v) is 12.6. The molecule has 0 aromatic heterocycles. The minimum absolute atomic E-state index is 0.454. The van der Waals surface area contributed by atoms with Crippen LogP contribution in [0.1, 0.15) is 17.2 Å². The third-order valence-electron chi connectivity index (χ3n) is 4.13. The molecule has 0 radical (unpaired) electrons. The maximum Gasteiger partial charge on any atom is 0.269 e. The normalized spacial score (nSPS) is 23.5. The van der Waals surface area contributed by atoms with E-state index >= 15 is 0 Å². The smallest absolute Gasteiger partial charge is 0.269 e. The molecule has 4 rings (SSSR count). The van der Waals surface area contributed by atoms with E-state index < -0.39 is 17.5 Å². The molecule has 2 aliphatic heterocycles. The average molecular weight is 323 g/mol. The lowest BCUT2D eigenvalue weighted by atomic mass is 9.85. The number of nitriles is 1. The lowest BCUT2D eigenvalue weighted by Crippen LogP contribution is -2.45. The molecule has 2 bridgehead atoms. The molecule has 0 aliphatic carbocycles. The van der Waals surface area contributed by atoms with Crippen molar-refractivity contribution in [2.45, 2.75) is 11.6 Å². The number of halogens is 1. The Kier molecular flexibility index (Phi) is 2.90. The fourth-order valence-corrected chi connectivity index (χ4v) is 3.13. The van der Waals surface area contributed by atoms with Gasteiger partial charge in [-0.25, -0.2) is 4.99 Å². The number of amides is 1. The van der Waals surface area contributed by atoms with Gasteiger partial charge in [-0.3, -0.25) is 4.79 Å². The summed E-state index contributed by atoms with van der Waals surface area (Å²) < 4.78 is 0. The summed E-state index contributed by atoms with van der Waals surface area (Å²) >= 11 is 5.84. The molecule has 2 unspecified atom stereocenters. The van der Waals surface area contributed by atoms with E-state index in [1.54, 1.807) is 24.3 Å². The first-order valence-electron chi connectivity index (χ1n) is 7.08. The van der Waals surface area contributed by atoms with Crippen LogP contribution in [0.15, 0.2) is 53.5 Å². The number of fused-ring (bicyclic) bond motifs is 5. The minimum Gasteiger partial charge on any atom is -0.359 e. The second kappa shape index (κ2) is 4.83. The number of carbonyl (C=O) groups excluding carboxylic acids is 1. The van der Waals surface area contributed by atoms with Crippen molar-refractivity contribution in [2.75, 3.05) is 5.32 Å². The van der Waals surface area contributed by atoms with E-state index in [-0.39, 0.29) is 0 Å². The molecule has 23 heavy (non-hydrogen) atoms. The van der Waals surface area contributed by atoms with Gasteiger partial charge in [0, 0.05) is 16.3 Å². The molecule has 2 atom stereocenters. The van der Waals surface area contributed by atoms with Crippen LogP contribution in [-0.4, -0.2) is 17.3 Å². The summed E-state index contributed by atoms with van der Waals surface area (Å²) in [6, 6.07) is 16.0. The lowest BCUT2D eigenvalue weighted by Gasteiger charge is -2.25. The summed E-state index contributed by atoms with van der Waals surface area (Å²) in [4.78, 5) is 17.1. The van der Waals surface area contributed by atoms with Crippen LogP contribution in [0.25, 0.3) is 0 Å². The predicted molar refractivity (Wildman–Crippen MR) is 87.3 cm³/mol. The number of anilines is 1. The molecule has 2 aliphatic rings. The number of carbonyl (C=O) groups is 1. The average Bonchev–Trinajstić information content (AvgIpc) is 3.14. The van der Waals surface area contributed by atoms with Crippen molar-refractivity contribution in [3.8, 4) is 6.07 Å². The molecule has 0 saturated heterocycles. The van der Waals surface area contributed by atoms with Crippen LogP contribution >= 0.6 is 11.6 Å². The van der Waals surface area contributed by atoms with E-state index in [9.17, 15) is 10.1 Å². The number of hydrogen-bond acceptors (Lipinski definition) is 4. The van der Waals surface area contributed by atoms with Crippen LogP contribution in [-0.2, 0) is 4.79 Å². The Morgan fingerprint density at radius 3 is 2.74 bits per heavy atom. The molecule has 2 aromatic rings. The highest BCUT2D eigenvalue weighted by Crippen LogP contribution is 2.42. The van der Waals surface area contributed by atoms with Gasteiger partial charge in [-0.2, -0.15) is 5.26 Å². The predicted octanol–water partition coefficient (Wildman–Crippen LogP) is 2.65. The topological polar surface area (TPSA) is 77.3 Å². The number of hydrogen-bond donors (Lipinski definition) is 2. The summed E-state index contributed by atoms with van der Waals surface area (Å²) in [6.45, 7) is 0. The van der Waals surface area contributed by atoms with Crippen molar-refractivity contribution in [1.82, 2.24) is 5.32 Å². The SMILES string of the molecule is N#CC1(C(=O)Nc2ccc(Cl)cc2)N=C2NC1c1ccccc12. The monoisotopic (exact) mass is 322 g/mol. The van der Waals surface area contributed by atoms with Crippen molar-refractivity contribution in [1.29, 1.82) is 5.26 Å². The van der Waals surface area contributed by atoms with Gasteiger partial charge in [0.15, 0.2) is 0 Å². The van der Waals surface area contributed by atoms with Gasteiger partial charge in [0.2, 0.25) is 0 Å². The molecule has 5 nitrogen and oxygen atoms in total. The van der Waals surface area contributed by atoms with Gasteiger partial charge in [-0.15, -0.1) is 0 Å². The number of aliphatic imine (C=N–C) groups is 1. The zero-order valence-electron chi connectivity index (χ0n) is 11.9. The second-order valence-electron chi connectivity index (χ2n) is 5.46. The Bertz CT molecular complexity index is 884. The van der Waals surface area contributed by atoms with Gasteiger partial charge in [-0.05, 0) is 29.8 Å². The Labute approximate surface area is 137 Å². The first-order chi connectivity index (χ1) is 11.1. The Morgan fingerprint density at radius 2 is 2.00 bits per heavy atom. The number of rotatable bonds is 2. The molecule has 0 fully saturated rings. The maximum atomic E-state index is 12.7. The Morgan fingerprint density at radius 1 is 1.26 bits per heavy atom. The molecule has 1 amide bonds. The number of amidine groups is 1. The van der Waals surface area contributed by atoms with E-state index in [4.69, 9.17) is 11.6 Å². The van der Waals surface area contributed by atoms with Crippen molar-refractivity contribution in [3.05, 3.63) is 64.7 Å². The third kappa shape index (κ3) is 1.92. The zero-order chi connectivity index (χ0) is 16.0. The van der Waals surface area contributed by atoms with Crippen molar-refractivity contribution in [3.63, 3.8) is 0 Å². The van der Waals surface area contributed by atoms with E-state index in [0.717, 1.165) is 11.1 Å². The van der Waals surface area contributed by atoms with Crippen LogP contribution in [0.4, 0.5) is 5.69 Å². The van der Waals surface area contributed by atoms with Crippen molar-refractivity contribution < 1.29 is 4.79 Å².